The average Bonchev–Trinajstić information content (AvgIpc) is 2.43. The van der Waals surface area contributed by atoms with Crippen LogP contribution in [0.3, 0.4) is 0 Å². The lowest BCUT2D eigenvalue weighted by Gasteiger charge is -2.27. The van der Waals surface area contributed by atoms with Crippen LogP contribution in [0.25, 0.3) is 0 Å². The Morgan fingerprint density at radius 2 is 2.28 bits per heavy atom. The van der Waals surface area contributed by atoms with E-state index in [0.717, 1.165) is 18.7 Å². The van der Waals surface area contributed by atoms with E-state index in [1.807, 2.05) is 0 Å². The Morgan fingerprint density at radius 1 is 1.56 bits per heavy atom. The summed E-state index contributed by atoms with van der Waals surface area (Å²) in [5.41, 5.74) is 3.47. The standard InChI is InChI=1S/C13H22N4O/c1-4-10(3)17(5-2)9-12-11(13(18)16-14)7-6-8-15-12/h6-8,10H,4-5,9,14H2,1-3H3,(H,16,18). The van der Waals surface area contributed by atoms with Crippen molar-refractivity contribution in [3.05, 3.63) is 29.6 Å². The quantitative estimate of drug-likeness (QED) is 0.453. The van der Waals surface area contributed by atoms with Gasteiger partial charge in [0.05, 0.1) is 11.3 Å². The second-order valence-corrected chi connectivity index (χ2v) is 4.29. The minimum Gasteiger partial charge on any atom is -0.295 e. The van der Waals surface area contributed by atoms with Gasteiger partial charge in [0.25, 0.3) is 5.91 Å². The number of nitrogen functional groups attached to an aromatic ring is 1. The van der Waals surface area contributed by atoms with Crippen molar-refractivity contribution in [3.63, 3.8) is 0 Å². The Hall–Kier alpha value is -1.46. The van der Waals surface area contributed by atoms with Crippen LogP contribution in [0, 0.1) is 0 Å². The first kappa shape index (κ1) is 14.6. The molecule has 0 fully saturated rings. The Balaban J connectivity index is 2.92. The van der Waals surface area contributed by atoms with Crippen molar-refractivity contribution in [1.82, 2.24) is 15.3 Å². The summed E-state index contributed by atoms with van der Waals surface area (Å²) in [4.78, 5) is 18.2. The van der Waals surface area contributed by atoms with E-state index in [4.69, 9.17) is 5.84 Å². The molecule has 1 heterocycles. The number of amides is 1. The average molecular weight is 250 g/mol. The molecule has 1 amide bonds. The first-order valence-electron chi connectivity index (χ1n) is 6.32. The van der Waals surface area contributed by atoms with E-state index < -0.39 is 0 Å². The largest absolute Gasteiger partial charge is 0.295 e. The van der Waals surface area contributed by atoms with Gasteiger partial charge in [0.2, 0.25) is 0 Å². The molecule has 0 aliphatic carbocycles. The second-order valence-electron chi connectivity index (χ2n) is 4.29. The molecule has 0 bridgehead atoms. The summed E-state index contributed by atoms with van der Waals surface area (Å²) >= 11 is 0. The van der Waals surface area contributed by atoms with Gasteiger partial charge in [-0.2, -0.15) is 0 Å². The van der Waals surface area contributed by atoms with E-state index in [1.54, 1.807) is 18.3 Å². The van der Waals surface area contributed by atoms with Crippen LogP contribution in [0.1, 0.15) is 43.2 Å². The molecular weight excluding hydrogens is 228 g/mol. The molecule has 5 nitrogen and oxygen atoms in total. The third kappa shape index (κ3) is 3.51. The van der Waals surface area contributed by atoms with E-state index in [1.165, 1.54) is 0 Å². The SMILES string of the molecule is CCC(C)N(CC)Cc1ncccc1C(=O)NN. The molecule has 1 rings (SSSR count). The molecule has 0 aliphatic heterocycles. The zero-order valence-corrected chi connectivity index (χ0v) is 11.3. The Kier molecular flexibility index (Phi) is 5.74. The first-order chi connectivity index (χ1) is 8.63. The molecule has 0 saturated heterocycles. The van der Waals surface area contributed by atoms with Gasteiger partial charge in [-0.1, -0.05) is 13.8 Å². The predicted octanol–water partition coefficient (Wildman–Crippen LogP) is 1.31. The summed E-state index contributed by atoms with van der Waals surface area (Å²) in [6.07, 6.45) is 2.77. The number of hydrazine groups is 1. The van der Waals surface area contributed by atoms with E-state index in [0.29, 0.717) is 18.2 Å². The summed E-state index contributed by atoms with van der Waals surface area (Å²) in [6, 6.07) is 3.95. The van der Waals surface area contributed by atoms with Crippen molar-refractivity contribution in [3.8, 4) is 0 Å². The van der Waals surface area contributed by atoms with Crippen LogP contribution in [0.15, 0.2) is 18.3 Å². The van der Waals surface area contributed by atoms with Crippen LogP contribution in [0.4, 0.5) is 0 Å². The number of rotatable bonds is 6. The molecule has 3 N–H and O–H groups in total. The predicted molar refractivity (Wildman–Crippen MR) is 71.7 cm³/mol. The fraction of sp³-hybridized carbons (Fsp3) is 0.538. The maximum atomic E-state index is 11.6. The maximum absolute atomic E-state index is 11.6. The van der Waals surface area contributed by atoms with Crippen molar-refractivity contribution in [1.29, 1.82) is 0 Å². The van der Waals surface area contributed by atoms with Crippen molar-refractivity contribution in [2.75, 3.05) is 6.54 Å². The van der Waals surface area contributed by atoms with Gasteiger partial charge in [-0.05, 0) is 32.0 Å². The van der Waals surface area contributed by atoms with Gasteiger partial charge < -0.3 is 0 Å². The van der Waals surface area contributed by atoms with Gasteiger partial charge in [-0.25, -0.2) is 5.84 Å². The van der Waals surface area contributed by atoms with Gasteiger partial charge in [0, 0.05) is 18.8 Å². The van der Waals surface area contributed by atoms with Gasteiger partial charge in [-0.15, -0.1) is 0 Å². The van der Waals surface area contributed by atoms with Gasteiger partial charge in [-0.3, -0.25) is 20.1 Å². The van der Waals surface area contributed by atoms with Crippen LogP contribution in [0.2, 0.25) is 0 Å². The molecule has 0 aliphatic rings. The summed E-state index contributed by atoms with van der Waals surface area (Å²) in [5.74, 6) is 4.89. The number of pyridine rings is 1. The topological polar surface area (TPSA) is 71.2 Å². The molecule has 1 aromatic heterocycles. The van der Waals surface area contributed by atoms with Crippen LogP contribution < -0.4 is 11.3 Å². The zero-order chi connectivity index (χ0) is 13.5. The van der Waals surface area contributed by atoms with Crippen molar-refractivity contribution >= 4 is 5.91 Å². The Labute approximate surface area is 108 Å². The normalized spacial score (nSPS) is 12.5. The number of carbonyl (C=O) groups is 1. The number of nitrogens with one attached hydrogen (secondary N) is 1. The number of nitrogens with zero attached hydrogens (tertiary/aromatic N) is 2. The van der Waals surface area contributed by atoms with Crippen LogP contribution >= 0.6 is 0 Å². The maximum Gasteiger partial charge on any atom is 0.267 e. The number of aromatic nitrogens is 1. The summed E-state index contributed by atoms with van der Waals surface area (Å²) in [5, 5.41) is 0. The van der Waals surface area contributed by atoms with Gasteiger partial charge in [0.15, 0.2) is 0 Å². The Morgan fingerprint density at radius 3 is 2.83 bits per heavy atom. The van der Waals surface area contributed by atoms with Crippen molar-refractivity contribution in [2.45, 2.75) is 39.8 Å². The van der Waals surface area contributed by atoms with Gasteiger partial charge >= 0.3 is 0 Å². The minimum atomic E-state index is -0.293. The van der Waals surface area contributed by atoms with E-state index in [9.17, 15) is 4.79 Å². The number of carbonyl (C=O) groups excluding carboxylic acids is 1. The molecule has 0 aromatic carbocycles. The van der Waals surface area contributed by atoms with E-state index >= 15 is 0 Å². The highest BCUT2D eigenvalue weighted by atomic mass is 16.2. The minimum absolute atomic E-state index is 0.293. The van der Waals surface area contributed by atoms with Gasteiger partial charge in [0.1, 0.15) is 0 Å². The van der Waals surface area contributed by atoms with E-state index in [2.05, 4.69) is 36.1 Å². The molecule has 18 heavy (non-hydrogen) atoms. The first-order valence-corrected chi connectivity index (χ1v) is 6.32. The molecule has 0 saturated carbocycles. The third-order valence-electron chi connectivity index (χ3n) is 3.24. The summed E-state index contributed by atoms with van der Waals surface area (Å²) in [6.45, 7) is 8.02. The molecule has 1 aromatic rings. The second kappa shape index (κ2) is 7.08. The summed E-state index contributed by atoms with van der Waals surface area (Å²) in [7, 11) is 0. The number of nitrogens with two attached hydrogens (primary N) is 1. The number of hydrogen-bond acceptors (Lipinski definition) is 4. The van der Waals surface area contributed by atoms with Crippen molar-refractivity contribution in [2.24, 2.45) is 5.84 Å². The van der Waals surface area contributed by atoms with Crippen molar-refractivity contribution < 1.29 is 4.79 Å². The molecule has 0 spiro atoms. The Bertz CT molecular complexity index is 394. The highest BCUT2D eigenvalue weighted by molar-refractivity contribution is 5.94. The third-order valence-corrected chi connectivity index (χ3v) is 3.24. The molecule has 0 radical (unpaired) electrons. The zero-order valence-electron chi connectivity index (χ0n) is 11.3. The van der Waals surface area contributed by atoms with E-state index in [-0.39, 0.29) is 5.91 Å². The molecule has 1 atom stereocenters. The fourth-order valence-electron chi connectivity index (χ4n) is 1.88. The van der Waals surface area contributed by atoms with Crippen LogP contribution in [-0.4, -0.2) is 28.4 Å². The highest BCUT2D eigenvalue weighted by Gasteiger charge is 2.16. The lowest BCUT2D eigenvalue weighted by atomic mass is 10.1. The summed E-state index contributed by atoms with van der Waals surface area (Å²) < 4.78 is 0. The molecular formula is C13H22N4O. The molecule has 100 valence electrons. The monoisotopic (exact) mass is 250 g/mol. The lowest BCUT2D eigenvalue weighted by Crippen LogP contribution is -2.35. The smallest absolute Gasteiger partial charge is 0.267 e. The molecule has 5 heteroatoms. The highest BCUT2D eigenvalue weighted by Crippen LogP contribution is 2.12. The fourth-order valence-corrected chi connectivity index (χ4v) is 1.88. The van der Waals surface area contributed by atoms with Crippen LogP contribution in [-0.2, 0) is 6.54 Å². The lowest BCUT2D eigenvalue weighted by molar-refractivity contribution is 0.0950. The number of hydrogen-bond donors (Lipinski definition) is 2. The van der Waals surface area contributed by atoms with Crippen LogP contribution in [0.5, 0.6) is 0 Å². The molecule has 1 unspecified atom stereocenters.